The van der Waals surface area contributed by atoms with E-state index in [0.29, 0.717) is 23.7 Å². The quantitative estimate of drug-likeness (QED) is 0.639. The van der Waals surface area contributed by atoms with Crippen molar-refractivity contribution in [2.24, 2.45) is 0 Å². The van der Waals surface area contributed by atoms with Gasteiger partial charge < -0.3 is 4.90 Å². The summed E-state index contributed by atoms with van der Waals surface area (Å²) in [7, 11) is 0. The van der Waals surface area contributed by atoms with E-state index in [1.807, 2.05) is 11.0 Å². The molecule has 2 heterocycles. The van der Waals surface area contributed by atoms with Gasteiger partial charge >= 0.3 is 0 Å². The predicted octanol–water partition coefficient (Wildman–Crippen LogP) is 4.94. The van der Waals surface area contributed by atoms with Crippen LogP contribution in [0.3, 0.4) is 0 Å². The van der Waals surface area contributed by atoms with E-state index in [0.717, 1.165) is 24.0 Å². The zero-order valence-corrected chi connectivity index (χ0v) is 15.4. The van der Waals surface area contributed by atoms with E-state index in [2.05, 4.69) is 4.98 Å². The van der Waals surface area contributed by atoms with Gasteiger partial charge in [0.05, 0.1) is 0 Å². The lowest BCUT2D eigenvalue weighted by atomic mass is 10.0. The van der Waals surface area contributed by atoms with Crippen LogP contribution in [0, 0.1) is 11.6 Å². The summed E-state index contributed by atoms with van der Waals surface area (Å²) in [4.78, 5) is 19.2. The summed E-state index contributed by atoms with van der Waals surface area (Å²) in [5.41, 5.74) is 2.09. The number of rotatable bonds is 4. The molecule has 3 aromatic rings. The van der Waals surface area contributed by atoms with Crippen LogP contribution in [0.15, 0.2) is 53.9 Å². The summed E-state index contributed by atoms with van der Waals surface area (Å²) in [6, 6.07) is 12.7. The van der Waals surface area contributed by atoms with Gasteiger partial charge in [-0.15, -0.1) is 11.3 Å². The van der Waals surface area contributed by atoms with Crippen molar-refractivity contribution in [2.45, 2.75) is 25.3 Å². The Bertz CT molecular complexity index is 955. The Morgan fingerprint density at radius 1 is 1.15 bits per heavy atom. The van der Waals surface area contributed by atoms with E-state index < -0.39 is 0 Å². The molecule has 0 saturated carbocycles. The second-order valence-corrected chi connectivity index (χ2v) is 7.53. The molecular formula is C21H18F2N2OS. The fourth-order valence-electron chi connectivity index (χ4n) is 3.50. The molecule has 3 nitrogen and oxygen atoms in total. The Balaban J connectivity index is 1.50. The van der Waals surface area contributed by atoms with Gasteiger partial charge in [0.15, 0.2) is 0 Å². The summed E-state index contributed by atoms with van der Waals surface area (Å²) < 4.78 is 26.5. The van der Waals surface area contributed by atoms with Crippen LogP contribution in [-0.4, -0.2) is 28.4 Å². The maximum atomic E-state index is 13.4. The van der Waals surface area contributed by atoms with Gasteiger partial charge in [0.25, 0.3) is 5.91 Å². The van der Waals surface area contributed by atoms with Crippen molar-refractivity contribution in [1.29, 1.82) is 0 Å². The van der Waals surface area contributed by atoms with Gasteiger partial charge in [0.2, 0.25) is 0 Å². The molecule has 27 heavy (non-hydrogen) atoms. The summed E-state index contributed by atoms with van der Waals surface area (Å²) in [6.45, 7) is 0.683. The molecule has 138 valence electrons. The highest BCUT2D eigenvalue weighted by atomic mass is 32.1. The molecule has 0 aliphatic carbocycles. The lowest BCUT2D eigenvalue weighted by Crippen LogP contribution is -2.37. The first kappa shape index (κ1) is 17.8. The average molecular weight is 384 g/mol. The van der Waals surface area contributed by atoms with Crippen LogP contribution in [0.4, 0.5) is 8.78 Å². The van der Waals surface area contributed by atoms with Crippen LogP contribution in [0.1, 0.15) is 28.9 Å². The molecule has 6 heteroatoms. The normalized spacial score (nSPS) is 16.7. The average Bonchev–Trinajstić information content (AvgIpc) is 3.32. The number of carbonyl (C=O) groups is 1. The van der Waals surface area contributed by atoms with Gasteiger partial charge in [-0.3, -0.25) is 4.79 Å². The van der Waals surface area contributed by atoms with Crippen LogP contribution >= 0.6 is 11.3 Å². The third kappa shape index (κ3) is 3.90. The van der Waals surface area contributed by atoms with Crippen LogP contribution in [-0.2, 0) is 6.42 Å². The van der Waals surface area contributed by atoms with E-state index in [-0.39, 0.29) is 23.6 Å². The minimum atomic E-state index is -0.302. The molecule has 1 saturated heterocycles. The standard InChI is InChI=1S/C21H18F2N2OS/c22-16-8-6-15(7-9-16)20-24-19(13-27-20)21(26)25-10-2-5-18(25)12-14-3-1-4-17(23)11-14/h1,3-4,6-9,11,13,18H,2,5,10,12H2. The number of likely N-dealkylation sites (tertiary alicyclic amines) is 1. The van der Waals surface area contributed by atoms with Gasteiger partial charge in [0.1, 0.15) is 22.3 Å². The number of carbonyl (C=O) groups excluding carboxylic acids is 1. The van der Waals surface area contributed by atoms with Crippen LogP contribution in [0.25, 0.3) is 10.6 Å². The van der Waals surface area contributed by atoms with Gasteiger partial charge in [0, 0.05) is 23.5 Å². The molecule has 0 N–H and O–H groups in total. The first-order chi connectivity index (χ1) is 13.1. The molecule has 2 aromatic carbocycles. The minimum Gasteiger partial charge on any atom is -0.334 e. The second kappa shape index (κ2) is 7.56. The number of nitrogens with zero attached hydrogens (tertiary/aromatic N) is 2. The Hall–Kier alpha value is -2.60. The number of benzene rings is 2. The molecule has 1 atom stereocenters. The Labute approximate surface area is 160 Å². The van der Waals surface area contributed by atoms with E-state index in [9.17, 15) is 13.6 Å². The Morgan fingerprint density at radius 3 is 2.74 bits per heavy atom. The van der Waals surface area contributed by atoms with E-state index in [1.54, 1.807) is 23.6 Å². The van der Waals surface area contributed by atoms with Crippen molar-refractivity contribution >= 4 is 17.2 Å². The highest BCUT2D eigenvalue weighted by molar-refractivity contribution is 7.13. The predicted molar refractivity (Wildman–Crippen MR) is 102 cm³/mol. The summed E-state index contributed by atoms with van der Waals surface area (Å²) >= 11 is 1.37. The minimum absolute atomic E-state index is 0.0512. The molecule has 1 aliphatic rings. The first-order valence-corrected chi connectivity index (χ1v) is 9.75. The van der Waals surface area contributed by atoms with Crippen molar-refractivity contribution in [1.82, 2.24) is 9.88 Å². The van der Waals surface area contributed by atoms with E-state index >= 15 is 0 Å². The molecule has 0 bridgehead atoms. The SMILES string of the molecule is O=C(c1csc(-c2ccc(F)cc2)n1)N1CCCC1Cc1cccc(F)c1. The first-order valence-electron chi connectivity index (χ1n) is 8.87. The molecule has 1 unspecified atom stereocenters. The van der Waals surface area contributed by atoms with Crippen molar-refractivity contribution < 1.29 is 13.6 Å². The fraction of sp³-hybridized carbons (Fsp3) is 0.238. The molecule has 1 aliphatic heterocycles. The number of amides is 1. The van der Waals surface area contributed by atoms with Gasteiger partial charge in [-0.1, -0.05) is 12.1 Å². The number of hydrogen-bond donors (Lipinski definition) is 0. The van der Waals surface area contributed by atoms with Gasteiger partial charge in [-0.25, -0.2) is 13.8 Å². The molecule has 1 amide bonds. The lowest BCUT2D eigenvalue weighted by Gasteiger charge is -2.24. The van der Waals surface area contributed by atoms with Crippen LogP contribution in [0.2, 0.25) is 0 Å². The molecule has 0 spiro atoms. The van der Waals surface area contributed by atoms with Crippen LogP contribution < -0.4 is 0 Å². The monoisotopic (exact) mass is 384 g/mol. The maximum absolute atomic E-state index is 13.4. The molecule has 1 aromatic heterocycles. The van der Waals surface area contributed by atoms with E-state index in [1.165, 1.54) is 35.6 Å². The smallest absolute Gasteiger partial charge is 0.273 e. The van der Waals surface area contributed by atoms with Crippen molar-refractivity contribution in [3.05, 3.63) is 76.8 Å². The molecule has 1 fully saturated rings. The number of aromatic nitrogens is 1. The Morgan fingerprint density at radius 2 is 1.96 bits per heavy atom. The van der Waals surface area contributed by atoms with Crippen LogP contribution in [0.5, 0.6) is 0 Å². The van der Waals surface area contributed by atoms with Crippen molar-refractivity contribution in [2.75, 3.05) is 6.54 Å². The van der Waals surface area contributed by atoms with Crippen molar-refractivity contribution in [3.63, 3.8) is 0 Å². The summed E-state index contributed by atoms with van der Waals surface area (Å²) in [6.07, 6.45) is 2.47. The summed E-state index contributed by atoms with van der Waals surface area (Å²) in [5, 5.41) is 2.44. The fourth-order valence-corrected chi connectivity index (χ4v) is 4.30. The zero-order chi connectivity index (χ0) is 18.8. The Kier molecular flexibility index (Phi) is 4.99. The van der Waals surface area contributed by atoms with E-state index in [4.69, 9.17) is 0 Å². The number of thiazole rings is 1. The highest BCUT2D eigenvalue weighted by Gasteiger charge is 2.30. The third-order valence-corrected chi connectivity index (χ3v) is 5.70. The molecular weight excluding hydrogens is 366 g/mol. The van der Waals surface area contributed by atoms with Gasteiger partial charge in [-0.2, -0.15) is 0 Å². The topological polar surface area (TPSA) is 33.2 Å². The summed E-state index contributed by atoms with van der Waals surface area (Å²) in [5.74, 6) is -0.658. The second-order valence-electron chi connectivity index (χ2n) is 6.67. The highest BCUT2D eigenvalue weighted by Crippen LogP contribution is 2.27. The van der Waals surface area contributed by atoms with Crippen molar-refractivity contribution in [3.8, 4) is 10.6 Å². The molecule has 4 rings (SSSR count). The largest absolute Gasteiger partial charge is 0.334 e. The molecule has 0 radical (unpaired) electrons. The maximum Gasteiger partial charge on any atom is 0.273 e. The van der Waals surface area contributed by atoms with Gasteiger partial charge in [-0.05, 0) is 61.2 Å². The number of halogens is 2. The zero-order valence-electron chi connectivity index (χ0n) is 14.6. The third-order valence-electron chi connectivity index (χ3n) is 4.81. The lowest BCUT2D eigenvalue weighted by molar-refractivity contribution is 0.0731. The number of hydrogen-bond acceptors (Lipinski definition) is 3.